The van der Waals surface area contributed by atoms with Crippen molar-refractivity contribution in [3.05, 3.63) is 0 Å². The van der Waals surface area contributed by atoms with Crippen molar-refractivity contribution in [2.75, 3.05) is 26.2 Å². The molecule has 20 heavy (non-hydrogen) atoms. The molecule has 0 aliphatic carbocycles. The summed E-state index contributed by atoms with van der Waals surface area (Å²) in [5, 5.41) is 0. The van der Waals surface area contributed by atoms with Gasteiger partial charge in [-0.2, -0.15) is 0 Å². The van der Waals surface area contributed by atoms with E-state index in [9.17, 15) is 0 Å². The fourth-order valence-electron chi connectivity index (χ4n) is 2.82. The Morgan fingerprint density at radius 3 is 2.35 bits per heavy atom. The molecule has 2 heterocycles. The van der Waals surface area contributed by atoms with Crippen molar-refractivity contribution in [1.29, 1.82) is 0 Å². The Kier molecular flexibility index (Phi) is 10.6. The van der Waals surface area contributed by atoms with Gasteiger partial charge >= 0.3 is 62.1 Å². The fourth-order valence-corrected chi connectivity index (χ4v) is 2.82. The second kappa shape index (κ2) is 10.6. The molecular weight excluding hydrogens is 559 g/mol. The topological polar surface area (TPSA) is 6.25 Å². The SMILES string of the molecule is CCCCN1CCC[N+]2=C1CCCCC2.[Br][Mn]([Br])([Br])[Br]. The van der Waals surface area contributed by atoms with Gasteiger partial charge in [0, 0.05) is 12.8 Å². The average molecular weight is 584 g/mol. The molecule has 0 saturated carbocycles. The first-order valence-corrected chi connectivity index (χ1v) is 19.0. The van der Waals surface area contributed by atoms with Crippen molar-refractivity contribution in [1.82, 2.24) is 4.90 Å². The zero-order chi connectivity index (χ0) is 15.0. The Hall–Kier alpha value is 1.91. The van der Waals surface area contributed by atoms with E-state index in [-0.39, 0.29) is 0 Å². The molecule has 0 atom stereocenters. The van der Waals surface area contributed by atoms with Gasteiger partial charge in [0.25, 0.3) is 0 Å². The summed E-state index contributed by atoms with van der Waals surface area (Å²) in [5.41, 5.74) is -1.38. The van der Waals surface area contributed by atoms with Crippen LogP contribution in [0.5, 0.6) is 0 Å². The third-order valence-electron chi connectivity index (χ3n) is 3.70. The van der Waals surface area contributed by atoms with E-state index in [1.165, 1.54) is 71.1 Å². The molecule has 2 aliphatic heterocycles. The van der Waals surface area contributed by atoms with Crippen LogP contribution < -0.4 is 0 Å². The van der Waals surface area contributed by atoms with Crippen LogP contribution in [0.3, 0.4) is 0 Å². The number of halogens is 4. The van der Waals surface area contributed by atoms with Crippen LogP contribution in [0, 0.1) is 0 Å². The van der Waals surface area contributed by atoms with Crippen LogP contribution in [0.25, 0.3) is 0 Å². The molecule has 2 aliphatic rings. The second-order valence-corrected chi connectivity index (χ2v) is 41.0. The summed E-state index contributed by atoms with van der Waals surface area (Å²) in [6.07, 6.45) is 9.64. The second-order valence-electron chi connectivity index (χ2n) is 5.23. The molecule has 0 fully saturated rings. The summed E-state index contributed by atoms with van der Waals surface area (Å²) in [6, 6.07) is 0. The van der Waals surface area contributed by atoms with Crippen LogP contribution in [0.2, 0.25) is 0 Å². The van der Waals surface area contributed by atoms with Crippen molar-refractivity contribution in [3.63, 3.8) is 0 Å². The average Bonchev–Trinajstić information content (AvgIpc) is 2.59. The van der Waals surface area contributed by atoms with Gasteiger partial charge in [-0.1, -0.05) is 13.3 Å². The third-order valence-corrected chi connectivity index (χ3v) is 3.70. The number of rotatable bonds is 3. The Balaban J connectivity index is 0.000000347. The van der Waals surface area contributed by atoms with E-state index in [2.05, 4.69) is 72.8 Å². The molecule has 2 rings (SSSR count). The normalized spacial score (nSPS) is 20.8. The van der Waals surface area contributed by atoms with Gasteiger partial charge in [0.05, 0.1) is 26.2 Å². The van der Waals surface area contributed by atoms with E-state index in [0.717, 1.165) is 0 Å². The number of nitrogens with zero attached hydrogens (tertiary/aromatic N) is 2. The number of amidine groups is 1. The van der Waals surface area contributed by atoms with Crippen LogP contribution in [-0.4, -0.2) is 41.5 Å². The molecule has 0 aromatic rings. The predicted octanol–water partition coefficient (Wildman–Crippen LogP) is 5.86. The first-order valence-electron chi connectivity index (χ1n) is 7.34. The number of unbranched alkanes of at least 4 members (excludes halogenated alkanes) is 1. The van der Waals surface area contributed by atoms with Crippen LogP contribution in [0.1, 0.15) is 51.9 Å². The van der Waals surface area contributed by atoms with E-state index in [1.54, 1.807) is 5.84 Å². The Bertz CT molecular complexity index is 312. The first kappa shape index (κ1) is 20.0. The van der Waals surface area contributed by atoms with Crippen molar-refractivity contribution >= 4 is 62.3 Å². The molecule has 0 bridgehead atoms. The van der Waals surface area contributed by atoms with Crippen LogP contribution >= 0.6 is 56.4 Å². The molecule has 0 aromatic carbocycles. The summed E-state index contributed by atoms with van der Waals surface area (Å²) in [4.78, 5) is 2.66. The molecule has 0 N–H and O–H groups in total. The Labute approximate surface area is 154 Å². The number of hydrogen-bond donors (Lipinski definition) is 0. The van der Waals surface area contributed by atoms with Gasteiger partial charge in [0.2, 0.25) is 5.84 Å². The molecule has 7 heteroatoms. The standard InChI is InChI=1S/C13H25N2.4BrH.Mn/c1-2-3-9-14-11-7-12-15-10-6-4-5-8-13(14)15;;;;;/h2-12H2,1H3;4*1H;/q+1;;;;;+4/p-4. The molecule has 0 amide bonds. The van der Waals surface area contributed by atoms with Gasteiger partial charge in [0.1, 0.15) is 0 Å². The monoisotopic (exact) mass is 580 g/mol. The van der Waals surface area contributed by atoms with Crippen molar-refractivity contribution in [2.24, 2.45) is 0 Å². The number of hydrogen-bond acceptors (Lipinski definition) is 1. The summed E-state index contributed by atoms with van der Waals surface area (Å²) >= 11 is 13.1. The minimum atomic E-state index is -1.38. The van der Waals surface area contributed by atoms with E-state index >= 15 is 0 Å². The van der Waals surface area contributed by atoms with Gasteiger partial charge in [-0.15, -0.1) is 0 Å². The molecule has 0 spiro atoms. The zero-order valence-corrected chi connectivity index (χ0v) is 19.6. The van der Waals surface area contributed by atoms with E-state index in [1.807, 2.05) is 0 Å². The molecule has 121 valence electrons. The Morgan fingerprint density at radius 2 is 1.70 bits per heavy atom. The summed E-state index contributed by atoms with van der Waals surface area (Å²) in [7, 11) is 0. The minimum absolute atomic E-state index is 1.29. The predicted molar refractivity (Wildman–Crippen MR) is 100 cm³/mol. The maximum absolute atomic E-state index is 3.27. The quantitative estimate of drug-likeness (QED) is 0.298. The molecule has 2 nitrogen and oxygen atoms in total. The first-order chi connectivity index (χ1) is 9.42. The van der Waals surface area contributed by atoms with Crippen LogP contribution in [0.15, 0.2) is 0 Å². The van der Waals surface area contributed by atoms with Crippen LogP contribution in [-0.2, 0) is 5.61 Å². The van der Waals surface area contributed by atoms with Gasteiger partial charge < -0.3 is 0 Å². The van der Waals surface area contributed by atoms with E-state index < -0.39 is 5.61 Å². The van der Waals surface area contributed by atoms with Gasteiger partial charge in [-0.05, 0) is 25.7 Å². The van der Waals surface area contributed by atoms with Crippen molar-refractivity contribution < 1.29 is 10.2 Å². The molecule has 0 saturated heterocycles. The zero-order valence-electron chi connectivity index (χ0n) is 12.1. The van der Waals surface area contributed by atoms with Crippen LogP contribution in [0.4, 0.5) is 0 Å². The van der Waals surface area contributed by atoms with Gasteiger partial charge in [-0.3, -0.25) is 9.48 Å². The van der Waals surface area contributed by atoms with Gasteiger partial charge in [0.15, 0.2) is 0 Å². The van der Waals surface area contributed by atoms with Gasteiger partial charge in [-0.25, -0.2) is 0 Å². The molecular formula is C13H25Br4MnN2+. The van der Waals surface area contributed by atoms with Crippen molar-refractivity contribution in [2.45, 2.75) is 51.9 Å². The maximum atomic E-state index is 3.27. The summed E-state index contributed by atoms with van der Waals surface area (Å²) in [6.45, 7) is 7.53. The third kappa shape index (κ3) is 9.14. The Morgan fingerprint density at radius 1 is 1.05 bits per heavy atom. The summed E-state index contributed by atoms with van der Waals surface area (Å²) < 4.78 is 2.66. The molecule has 0 unspecified atom stereocenters. The van der Waals surface area contributed by atoms with Crippen molar-refractivity contribution in [3.8, 4) is 0 Å². The molecule has 0 aromatic heterocycles. The molecule has 0 radical (unpaired) electrons. The van der Waals surface area contributed by atoms with E-state index in [0.29, 0.717) is 0 Å². The summed E-state index contributed by atoms with van der Waals surface area (Å²) in [5.74, 6) is 1.67. The fraction of sp³-hybridized carbons (Fsp3) is 0.923. The van der Waals surface area contributed by atoms with E-state index in [4.69, 9.17) is 0 Å².